The summed E-state index contributed by atoms with van der Waals surface area (Å²) in [4.78, 5) is 0. The monoisotopic (exact) mass is 155 g/mol. The largest absolute Gasteiger partial charge is 0.395 e. The fourth-order valence-electron chi connectivity index (χ4n) is 1.56. The van der Waals surface area contributed by atoms with Gasteiger partial charge in [0.25, 0.3) is 0 Å². The summed E-state index contributed by atoms with van der Waals surface area (Å²) >= 11 is 0. The molecule has 1 atom stereocenters. The van der Waals surface area contributed by atoms with E-state index in [1.54, 1.807) is 0 Å². The lowest BCUT2D eigenvalue weighted by atomic mass is 9.91. The quantitative estimate of drug-likeness (QED) is 0.597. The molecule has 1 aliphatic rings. The van der Waals surface area contributed by atoms with Gasteiger partial charge in [-0.3, -0.25) is 0 Å². The van der Waals surface area contributed by atoms with Crippen molar-refractivity contribution in [3.05, 3.63) is 12.2 Å². The maximum Gasteiger partial charge on any atom is 0.0556 e. The molecule has 0 aliphatic heterocycles. The molecule has 11 heavy (non-hydrogen) atoms. The molecule has 2 nitrogen and oxygen atoms in total. The number of hydrogen-bond acceptors (Lipinski definition) is 2. The van der Waals surface area contributed by atoms with E-state index in [1.807, 2.05) is 0 Å². The van der Waals surface area contributed by atoms with Crippen LogP contribution < -0.4 is 5.32 Å². The molecule has 0 aromatic rings. The number of nitrogens with one attached hydrogen (secondary N) is 1. The van der Waals surface area contributed by atoms with Gasteiger partial charge in [0.2, 0.25) is 0 Å². The first-order valence-electron chi connectivity index (χ1n) is 4.36. The van der Waals surface area contributed by atoms with Gasteiger partial charge in [0.15, 0.2) is 0 Å². The summed E-state index contributed by atoms with van der Waals surface area (Å²) in [6.45, 7) is 4.93. The standard InChI is InChI=1S/C9H17NO/c1-8-4-2-3-5-9(8)10-6-7-11/h9-11H,1-7H2/t9-/m0/s1. The van der Waals surface area contributed by atoms with Gasteiger partial charge >= 0.3 is 0 Å². The van der Waals surface area contributed by atoms with Crippen LogP contribution in [0.5, 0.6) is 0 Å². The molecule has 0 unspecified atom stereocenters. The Kier molecular flexibility index (Phi) is 3.60. The average molecular weight is 155 g/mol. The Morgan fingerprint density at radius 3 is 3.00 bits per heavy atom. The van der Waals surface area contributed by atoms with Crippen LogP contribution in [-0.2, 0) is 0 Å². The first-order valence-corrected chi connectivity index (χ1v) is 4.36. The average Bonchev–Trinajstić information content (AvgIpc) is 2.03. The first-order chi connectivity index (χ1) is 5.34. The third-order valence-electron chi connectivity index (χ3n) is 2.24. The van der Waals surface area contributed by atoms with E-state index in [4.69, 9.17) is 5.11 Å². The Morgan fingerprint density at radius 1 is 1.55 bits per heavy atom. The molecule has 1 saturated carbocycles. The molecular weight excluding hydrogens is 138 g/mol. The van der Waals surface area contributed by atoms with Crippen molar-refractivity contribution in [1.82, 2.24) is 5.32 Å². The van der Waals surface area contributed by atoms with Crippen molar-refractivity contribution in [3.63, 3.8) is 0 Å². The summed E-state index contributed by atoms with van der Waals surface area (Å²) in [5.41, 5.74) is 1.31. The highest BCUT2D eigenvalue weighted by molar-refractivity contribution is 5.07. The Labute approximate surface area is 68.3 Å². The topological polar surface area (TPSA) is 32.3 Å². The van der Waals surface area contributed by atoms with Gasteiger partial charge in [-0.25, -0.2) is 0 Å². The molecule has 0 spiro atoms. The molecule has 64 valence electrons. The number of hydrogen-bond donors (Lipinski definition) is 2. The molecule has 0 aromatic carbocycles. The minimum absolute atomic E-state index is 0.226. The van der Waals surface area contributed by atoms with Gasteiger partial charge < -0.3 is 10.4 Å². The van der Waals surface area contributed by atoms with Gasteiger partial charge in [-0.1, -0.05) is 18.6 Å². The van der Waals surface area contributed by atoms with Crippen LogP contribution in [0, 0.1) is 0 Å². The Bertz CT molecular complexity index is 134. The summed E-state index contributed by atoms with van der Waals surface area (Å²) in [5.74, 6) is 0. The molecule has 0 bridgehead atoms. The van der Waals surface area contributed by atoms with Gasteiger partial charge in [0, 0.05) is 12.6 Å². The molecule has 1 fully saturated rings. The fraction of sp³-hybridized carbons (Fsp3) is 0.778. The third kappa shape index (κ3) is 2.64. The van der Waals surface area contributed by atoms with E-state index in [1.165, 1.54) is 24.8 Å². The van der Waals surface area contributed by atoms with E-state index in [0.717, 1.165) is 6.42 Å². The van der Waals surface area contributed by atoms with Crippen LogP contribution in [0.4, 0.5) is 0 Å². The van der Waals surface area contributed by atoms with Gasteiger partial charge in [0.1, 0.15) is 0 Å². The highest BCUT2D eigenvalue weighted by atomic mass is 16.3. The molecule has 0 saturated heterocycles. The second-order valence-corrected chi connectivity index (χ2v) is 3.13. The van der Waals surface area contributed by atoms with Gasteiger partial charge in [-0.05, 0) is 19.3 Å². The number of aliphatic hydroxyl groups excluding tert-OH is 1. The third-order valence-corrected chi connectivity index (χ3v) is 2.24. The second kappa shape index (κ2) is 4.52. The Balaban J connectivity index is 2.24. The lowest BCUT2D eigenvalue weighted by molar-refractivity contribution is 0.282. The summed E-state index contributed by atoms with van der Waals surface area (Å²) in [6, 6.07) is 0.468. The SMILES string of the molecule is C=C1CCCC[C@@H]1NCCO. The second-order valence-electron chi connectivity index (χ2n) is 3.13. The van der Waals surface area contributed by atoms with Gasteiger partial charge in [-0.2, -0.15) is 0 Å². The molecule has 0 aromatic heterocycles. The minimum Gasteiger partial charge on any atom is -0.395 e. The van der Waals surface area contributed by atoms with E-state index < -0.39 is 0 Å². The summed E-state index contributed by atoms with van der Waals surface area (Å²) in [5, 5.41) is 11.9. The van der Waals surface area contributed by atoms with E-state index >= 15 is 0 Å². The highest BCUT2D eigenvalue weighted by Gasteiger charge is 2.15. The molecule has 2 heteroatoms. The molecule has 2 N–H and O–H groups in total. The van der Waals surface area contributed by atoms with E-state index in [0.29, 0.717) is 12.6 Å². The fourth-order valence-corrected chi connectivity index (χ4v) is 1.56. The van der Waals surface area contributed by atoms with Crippen molar-refractivity contribution in [2.75, 3.05) is 13.2 Å². The summed E-state index contributed by atoms with van der Waals surface area (Å²) < 4.78 is 0. The van der Waals surface area contributed by atoms with E-state index in [9.17, 15) is 0 Å². The molecule has 0 amide bonds. The minimum atomic E-state index is 0.226. The number of rotatable bonds is 3. The zero-order valence-electron chi connectivity index (χ0n) is 6.97. The van der Waals surface area contributed by atoms with Crippen LogP contribution in [0.2, 0.25) is 0 Å². The maximum absolute atomic E-state index is 8.59. The van der Waals surface area contributed by atoms with Gasteiger partial charge in [0.05, 0.1) is 6.61 Å². The Morgan fingerprint density at radius 2 is 2.36 bits per heavy atom. The van der Waals surface area contributed by atoms with Crippen LogP contribution >= 0.6 is 0 Å². The maximum atomic E-state index is 8.59. The zero-order chi connectivity index (χ0) is 8.10. The normalized spacial score (nSPS) is 25.5. The van der Waals surface area contributed by atoms with E-state index in [-0.39, 0.29) is 6.61 Å². The summed E-state index contributed by atoms with van der Waals surface area (Å²) in [6.07, 6.45) is 4.93. The van der Waals surface area contributed by atoms with Crippen molar-refractivity contribution < 1.29 is 5.11 Å². The van der Waals surface area contributed by atoms with E-state index in [2.05, 4.69) is 11.9 Å². The van der Waals surface area contributed by atoms with Crippen molar-refractivity contribution in [1.29, 1.82) is 0 Å². The summed E-state index contributed by atoms with van der Waals surface area (Å²) in [7, 11) is 0. The van der Waals surface area contributed by atoms with Crippen molar-refractivity contribution in [3.8, 4) is 0 Å². The smallest absolute Gasteiger partial charge is 0.0556 e. The predicted octanol–water partition coefficient (Wildman–Crippen LogP) is 1.07. The number of aliphatic hydroxyl groups is 1. The molecular formula is C9H17NO. The van der Waals surface area contributed by atoms with Gasteiger partial charge in [-0.15, -0.1) is 0 Å². The first kappa shape index (κ1) is 8.75. The molecule has 0 heterocycles. The van der Waals surface area contributed by atoms with Crippen LogP contribution in [0.15, 0.2) is 12.2 Å². The molecule has 0 radical (unpaired) electrons. The van der Waals surface area contributed by atoms with Crippen molar-refractivity contribution in [2.45, 2.75) is 31.7 Å². The molecule has 1 rings (SSSR count). The highest BCUT2D eigenvalue weighted by Crippen LogP contribution is 2.21. The van der Waals surface area contributed by atoms with Crippen LogP contribution in [0.3, 0.4) is 0 Å². The zero-order valence-corrected chi connectivity index (χ0v) is 6.97. The van der Waals surface area contributed by atoms with Crippen LogP contribution in [-0.4, -0.2) is 24.3 Å². The van der Waals surface area contributed by atoms with Crippen LogP contribution in [0.1, 0.15) is 25.7 Å². The van der Waals surface area contributed by atoms with Crippen LogP contribution in [0.25, 0.3) is 0 Å². The lowest BCUT2D eigenvalue weighted by Gasteiger charge is -2.25. The Hall–Kier alpha value is -0.340. The predicted molar refractivity (Wildman–Crippen MR) is 46.5 cm³/mol. The molecule has 1 aliphatic carbocycles. The van der Waals surface area contributed by atoms with Crippen molar-refractivity contribution >= 4 is 0 Å². The lowest BCUT2D eigenvalue weighted by Crippen LogP contribution is -2.34. The van der Waals surface area contributed by atoms with Crippen molar-refractivity contribution in [2.24, 2.45) is 0 Å².